The van der Waals surface area contributed by atoms with Crippen LogP contribution in [-0.2, 0) is 10.0 Å². The van der Waals surface area contributed by atoms with E-state index in [9.17, 15) is 18.0 Å². The van der Waals surface area contributed by atoms with E-state index in [1.54, 1.807) is 12.1 Å². The van der Waals surface area contributed by atoms with E-state index in [-0.39, 0.29) is 16.7 Å². The molecule has 11 heteroatoms. The standard InChI is InChI=1S/C11H10IN5O4S/c1-6-13-9(15-10(18)14-6)16-11(19)17-22(20,21)8-5-3-2-4-7(8)12/h2-5H,1H3,(H3,13,14,15,16,17,18,19). The molecule has 2 amide bonds. The van der Waals surface area contributed by atoms with Crippen molar-refractivity contribution < 1.29 is 13.2 Å². The average Bonchev–Trinajstić information content (AvgIpc) is 2.36. The van der Waals surface area contributed by atoms with Crippen LogP contribution in [0, 0.1) is 10.5 Å². The monoisotopic (exact) mass is 435 g/mol. The molecule has 0 saturated heterocycles. The number of carbonyl (C=O) groups excluding carboxylic acids is 1. The molecular formula is C11H10IN5O4S. The highest BCUT2D eigenvalue weighted by Crippen LogP contribution is 2.16. The van der Waals surface area contributed by atoms with Crippen LogP contribution in [-0.4, -0.2) is 29.4 Å². The van der Waals surface area contributed by atoms with Crippen LogP contribution < -0.4 is 15.7 Å². The first-order chi connectivity index (χ1) is 10.3. The number of hydrogen-bond donors (Lipinski definition) is 3. The first-order valence-electron chi connectivity index (χ1n) is 5.81. The number of benzene rings is 1. The van der Waals surface area contributed by atoms with Gasteiger partial charge in [-0.1, -0.05) is 12.1 Å². The number of hydrogen-bond acceptors (Lipinski definition) is 6. The third kappa shape index (κ3) is 4.00. The molecule has 0 aliphatic carbocycles. The van der Waals surface area contributed by atoms with Gasteiger partial charge in [-0.25, -0.2) is 22.7 Å². The van der Waals surface area contributed by atoms with E-state index in [4.69, 9.17) is 0 Å². The van der Waals surface area contributed by atoms with Gasteiger partial charge in [-0.2, -0.15) is 9.97 Å². The minimum absolute atomic E-state index is 0.0336. The second-order valence-electron chi connectivity index (χ2n) is 4.05. The van der Waals surface area contributed by atoms with Gasteiger partial charge in [-0.3, -0.25) is 10.3 Å². The normalized spacial score (nSPS) is 11.0. The maximum absolute atomic E-state index is 12.1. The van der Waals surface area contributed by atoms with Crippen molar-refractivity contribution in [3.8, 4) is 0 Å². The highest BCUT2D eigenvalue weighted by Gasteiger charge is 2.20. The molecule has 1 aromatic carbocycles. The number of carbonyl (C=O) groups is 1. The molecule has 0 spiro atoms. The van der Waals surface area contributed by atoms with Crippen molar-refractivity contribution in [1.82, 2.24) is 19.7 Å². The zero-order valence-electron chi connectivity index (χ0n) is 11.1. The van der Waals surface area contributed by atoms with E-state index in [0.29, 0.717) is 3.57 Å². The zero-order valence-corrected chi connectivity index (χ0v) is 14.1. The topological polar surface area (TPSA) is 134 Å². The summed E-state index contributed by atoms with van der Waals surface area (Å²) in [5.41, 5.74) is -0.705. The number of nitrogens with one attached hydrogen (secondary N) is 3. The van der Waals surface area contributed by atoms with Crippen LogP contribution in [0.1, 0.15) is 5.82 Å². The molecule has 0 unspecified atom stereocenters. The van der Waals surface area contributed by atoms with Crippen molar-refractivity contribution in [2.45, 2.75) is 11.8 Å². The molecule has 1 heterocycles. The number of H-pyrrole nitrogens is 1. The van der Waals surface area contributed by atoms with Crippen molar-refractivity contribution in [2.75, 3.05) is 5.32 Å². The lowest BCUT2D eigenvalue weighted by molar-refractivity contribution is 0.256. The van der Waals surface area contributed by atoms with E-state index < -0.39 is 21.7 Å². The smallest absolute Gasteiger partial charge is 0.294 e. The average molecular weight is 435 g/mol. The van der Waals surface area contributed by atoms with E-state index in [1.165, 1.54) is 19.1 Å². The molecule has 1 aromatic heterocycles. The van der Waals surface area contributed by atoms with Gasteiger partial charge in [0.05, 0.1) is 0 Å². The number of urea groups is 1. The van der Waals surface area contributed by atoms with Crippen molar-refractivity contribution in [3.05, 3.63) is 44.1 Å². The quantitative estimate of drug-likeness (QED) is 0.605. The van der Waals surface area contributed by atoms with Crippen LogP contribution in [0.4, 0.5) is 10.7 Å². The fraction of sp³-hybridized carbons (Fsp3) is 0.0909. The first kappa shape index (κ1) is 16.4. The molecule has 116 valence electrons. The summed E-state index contributed by atoms with van der Waals surface area (Å²) in [6.45, 7) is 1.50. The van der Waals surface area contributed by atoms with Crippen LogP contribution in [0.15, 0.2) is 34.0 Å². The molecule has 3 N–H and O–H groups in total. The van der Waals surface area contributed by atoms with E-state index in [0.717, 1.165) is 0 Å². The summed E-state index contributed by atoms with van der Waals surface area (Å²) >= 11 is 1.84. The minimum atomic E-state index is -4.04. The predicted octanol–water partition coefficient (Wildman–Crippen LogP) is 0.588. The largest absolute Gasteiger partial charge is 0.349 e. The molecular weight excluding hydrogens is 425 g/mol. The van der Waals surface area contributed by atoms with Gasteiger partial charge in [0.2, 0.25) is 5.95 Å². The Morgan fingerprint density at radius 3 is 2.59 bits per heavy atom. The van der Waals surface area contributed by atoms with Gasteiger partial charge >= 0.3 is 11.7 Å². The minimum Gasteiger partial charge on any atom is -0.294 e. The summed E-state index contributed by atoms with van der Waals surface area (Å²) in [5.74, 6) is -0.0625. The van der Waals surface area contributed by atoms with Crippen LogP contribution in [0.25, 0.3) is 0 Å². The summed E-state index contributed by atoms with van der Waals surface area (Å²) in [5, 5.41) is 2.10. The fourth-order valence-electron chi connectivity index (χ4n) is 1.51. The number of aryl methyl sites for hydroxylation is 1. The summed E-state index contributed by atoms with van der Waals surface area (Å²) in [6.07, 6.45) is 0. The highest BCUT2D eigenvalue weighted by atomic mass is 127. The Morgan fingerprint density at radius 1 is 1.27 bits per heavy atom. The van der Waals surface area contributed by atoms with Crippen molar-refractivity contribution in [3.63, 3.8) is 0 Å². The molecule has 0 aliphatic rings. The van der Waals surface area contributed by atoms with Crippen molar-refractivity contribution in [2.24, 2.45) is 0 Å². The number of aromatic nitrogens is 3. The molecule has 22 heavy (non-hydrogen) atoms. The van der Waals surface area contributed by atoms with Gasteiger partial charge in [-0.05, 0) is 41.6 Å². The maximum atomic E-state index is 12.1. The zero-order chi connectivity index (χ0) is 16.3. The lowest BCUT2D eigenvalue weighted by Gasteiger charge is -2.08. The molecule has 0 radical (unpaired) electrons. The van der Waals surface area contributed by atoms with Gasteiger partial charge in [-0.15, -0.1) is 0 Å². The number of nitrogens with zero attached hydrogens (tertiary/aromatic N) is 2. The molecule has 0 bridgehead atoms. The van der Waals surface area contributed by atoms with E-state index in [2.05, 4.69) is 20.3 Å². The van der Waals surface area contributed by atoms with Gasteiger partial charge in [0.1, 0.15) is 10.7 Å². The van der Waals surface area contributed by atoms with E-state index in [1.807, 2.05) is 27.3 Å². The number of amides is 2. The summed E-state index contributed by atoms with van der Waals surface area (Å²) in [4.78, 5) is 32.3. The Hall–Kier alpha value is -2.02. The Labute approximate surface area is 138 Å². The third-order valence-corrected chi connectivity index (χ3v) is 5.04. The number of sulfonamides is 1. The maximum Gasteiger partial charge on any atom is 0.349 e. The molecule has 2 rings (SSSR count). The SMILES string of the molecule is Cc1nc(NC(=O)NS(=O)(=O)c2ccccc2I)nc(=O)[nH]1. The summed E-state index contributed by atoms with van der Waals surface area (Å²) < 4.78 is 26.5. The molecule has 2 aromatic rings. The molecule has 0 atom stereocenters. The Balaban J connectivity index is 2.18. The van der Waals surface area contributed by atoms with E-state index >= 15 is 0 Å². The second kappa shape index (κ2) is 6.39. The van der Waals surface area contributed by atoms with Crippen molar-refractivity contribution >= 4 is 44.6 Å². The van der Waals surface area contributed by atoms with Crippen LogP contribution in [0.5, 0.6) is 0 Å². The van der Waals surface area contributed by atoms with Gasteiger partial charge in [0.15, 0.2) is 0 Å². The van der Waals surface area contributed by atoms with Gasteiger partial charge < -0.3 is 0 Å². The molecule has 9 nitrogen and oxygen atoms in total. The lowest BCUT2D eigenvalue weighted by Crippen LogP contribution is -2.35. The first-order valence-corrected chi connectivity index (χ1v) is 8.37. The second-order valence-corrected chi connectivity index (χ2v) is 6.87. The predicted molar refractivity (Wildman–Crippen MR) is 85.9 cm³/mol. The van der Waals surface area contributed by atoms with Crippen LogP contribution in [0.2, 0.25) is 0 Å². The number of aromatic amines is 1. The number of halogens is 1. The third-order valence-electron chi connectivity index (χ3n) is 2.35. The van der Waals surface area contributed by atoms with Crippen LogP contribution >= 0.6 is 22.6 Å². The van der Waals surface area contributed by atoms with Crippen LogP contribution in [0.3, 0.4) is 0 Å². The Bertz CT molecular complexity index is 880. The lowest BCUT2D eigenvalue weighted by atomic mass is 10.4. The van der Waals surface area contributed by atoms with Crippen molar-refractivity contribution in [1.29, 1.82) is 0 Å². The summed E-state index contributed by atoms with van der Waals surface area (Å²) in [7, 11) is -4.04. The fourth-order valence-corrected chi connectivity index (χ4v) is 3.76. The number of anilines is 1. The molecule has 0 saturated carbocycles. The highest BCUT2D eigenvalue weighted by molar-refractivity contribution is 14.1. The molecule has 0 fully saturated rings. The summed E-state index contributed by atoms with van der Waals surface area (Å²) in [6, 6.07) is 5.11. The van der Waals surface area contributed by atoms with Gasteiger partial charge in [0, 0.05) is 3.57 Å². The Morgan fingerprint density at radius 2 is 1.95 bits per heavy atom. The molecule has 0 aliphatic heterocycles. The van der Waals surface area contributed by atoms with Gasteiger partial charge in [0.25, 0.3) is 10.0 Å². The number of rotatable bonds is 3. The Kier molecular flexibility index (Phi) is 4.75.